The molecule has 4 rings (SSSR count). The predicted octanol–water partition coefficient (Wildman–Crippen LogP) is 5.10. The van der Waals surface area contributed by atoms with Crippen molar-refractivity contribution in [2.75, 3.05) is 21.7 Å². The maximum absolute atomic E-state index is 13.1. The molecule has 0 spiro atoms. The van der Waals surface area contributed by atoms with Crippen molar-refractivity contribution in [2.24, 2.45) is 0 Å². The van der Waals surface area contributed by atoms with Gasteiger partial charge in [-0.25, -0.2) is 4.90 Å². The quantitative estimate of drug-likeness (QED) is 0.521. The maximum atomic E-state index is 13.1. The highest BCUT2D eigenvalue weighted by atomic mass is 35.5. The number of carbonyl (C=O) groups excluding carboxylic acids is 3. The summed E-state index contributed by atoms with van der Waals surface area (Å²) in [5.41, 5.74) is 3.13. The van der Waals surface area contributed by atoms with Gasteiger partial charge in [-0.3, -0.25) is 14.4 Å². The van der Waals surface area contributed by atoms with Gasteiger partial charge in [0.2, 0.25) is 0 Å². The van der Waals surface area contributed by atoms with Crippen LogP contribution in [-0.2, 0) is 9.59 Å². The molecule has 0 saturated heterocycles. The summed E-state index contributed by atoms with van der Waals surface area (Å²) in [5, 5.41) is 2.74. The molecule has 0 atom stereocenters. The molecule has 1 aliphatic rings. The van der Waals surface area contributed by atoms with Crippen LogP contribution in [0.1, 0.15) is 22.8 Å². The Morgan fingerprint density at radius 2 is 1.64 bits per heavy atom. The van der Waals surface area contributed by atoms with Gasteiger partial charge in [0.05, 0.1) is 5.69 Å². The number of nitrogens with zero attached hydrogens (tertiary/aromatic N) is 2. The van der Waals surface area contributed by atoms with Crippen molar-refractivity contribution in [3.8, 4) is 0 Å². The van der Waals surface area contributed by atoms with E-state index in [1.54, 1.807) is 41.3 Å². The highest BCUT2D eigenvalue weighted by molar-refractivity contribution is 6.53. The molecule has 3 aromatic carbocycles. The van der Waals surface area contributed by atoms with E-state index >= 15 is 0 Å². The van der Waals surface area contributed by atoms with Crippen LogP contribution in [0.2, 0.25) is 0 Å². The summed E-state index contributed by atoms with van der Waals surface area (Å²) in [4.78, 5) is 41.5. The minimum absolute atomic E-state index is 0.0257. The van der Waals surface area contributed by atoms with Gasteiger partial charge in [-0.2, -0.15) is 0 Å². The molecule has 3 amide bonds. The van der Waals surface area contributed by atoms with Crippen molar-refractivity contribution >= 4 is 46.4 Å². The van der Waals surface area contributed by atoms with Crippen molar-refractivity contribution in [1.82, 2.24) is 0 Å². The molecule has 0 aromatic heterocycles. The summed E-state index contributed by atoms with van der Waals surface area (Å²) in [6.45, 7) is 4.32. The monoisotopic (exact) mass is 459 g/mol. The minimum atomic E-state index is -0.596. The Morgan fingerprint density at radius 3 is 2.30 bits per heavy atom. The highest BCUT2D eigenvalue weighted by Gasteiger charge is 2.39. The number of aryl methyl sites for hydroxylation is 1. The summed E-state index contributed by atoms with van der Waals surface area (Å²) in [7, 11) is 0. The van der Waals surface area contributed by atoms with E-state index in [4.69, 9.17) is 11.6 Å². The molecular weight excluding hydrogens is 438 g/mol. The number of imide groups is 1. The Bertz CT molecular complexity index is 1250. The fourth-order valence-corrected chi connectivity index (χ4v) is 3.83. The Kier molecular flexibility index (Phi) is 6.29. The molecule has 0 unspecified atom stereocenters. The number of anilines is 3. The number of para-hydroxylation sites is 1. The van der Waals surface area contributed by atoms with Gasteiger partial charge in [0.25, 0.3) is 17.7 Å². The smallest absolute Gasteiger partial charge is 0.283 e. The SMILES string of the molecule is CCN(C(=O)c1cccc(NC2=C(Cl)C(=O)N(c3ccc(C)cc3)C2=O)c1)c1ccccc1. The van der Waals surface area contributed by atoms with E-state index in [0.29, 0.717) is 23.5 Å². The largest absolute Gasteiger partial charge is 0.350 e. The number of rotatable bonds is 6. The molecule has 1 heterocycles. The number of nitrogens with one attached hydrogen (secondary N) is 1. The molecule has 7 heteroatoms. The van der Waals surface area contributed by atoms with Gasteiger partial charge < -0.3 is 10.2 Å². The molecule has 33 heavy (non-hydrogen) atoms. The average Bonchev–Trinajstić information content (AvgIpc) is 3.04. The molecule has 3 aromatic rings. The first-order valence-electron chi connectivity index (χ1n) is 10.5. The van der Waals surface area contributed by atoms with Crippen molar-refractivity contribution in [2.45, 2.75) is 13.8 Å². The lowest BCUT2D eigenvalue weighted by atomic mass is 10.1. The van der Waals surface area contributed by atoms with Gasteiger partial charge in [0.15, 0.2) is 0 Å². The Labute approximate surface area is 197 Å². The van der Waals surface area contributed by atoms with Crippen molar-refractivity contribution in [1.29, 1.82) is 0 Å². The van der Waals surface area contributed by atoms with E-state index in [1.165, 1.54) is 0 Å². The zero-order chi connectivity index (χ0) is 23.5. The third-order valence-corrected chi connectivity index (χ3v) is 5.68. The second kappa shape index (κ2) is 9.30. The third-order valence-electron chi connectivity index (χ3n) is 5.33. The lowest BCUT2D eigenvalue weighted by molar-refractivity contribution is -0.120. The van der Waals surface area contributed by atoms with Gasteiger partial charge in [-0.05, 0) is 56.3 Å². The van der Waals surface area contributed by atoms with E-state index in [9.17, 15) is 14.4 Å². The van der Waals surface area contributed by atoms with Crippen LogP contribution in [0.5, 0.6) is 0 Å². The van der Waals surface area contributed by atoms with Crippen molar-refractivity contribution < 1.29 is 14.4 Å². The predicted molar refractivity (Wildman–Crippen MR) is 130 cm³/mol. The second-order valence-electron chi connectivity index (χ2n) is 7.56. The number of halogens is 1. The summed E-state index contributed by atoms with van der Waals surface area (Å²) < 4.78 is 0. The normalized spacial score (nSPS) is 13.5. The molecule has 0 radical (unpaired) electrons. The Balaban J connectivity index is 1.58. The van der Waals surface area contributed by atoms with Crippen LogP contribution in [0, 0.1) is 6.92 Å². The van der Waals surface area contributed by atoms with Crippen molar-refractivity contribution in [3.05, 3.63) is 101 Å². The zero-order valence-electron chi connectivity index (χ0n) is 18.2. The summed E-state index contributed by atoms with van der Waals surface area (Å²) in [6, 6.07) is 23.2. The van der Waals surface area contributed by atoms with E-state index in [2.05, 4.69) is 5.32 Å². The third kappa shape index (κ3) is 4.38. The van der Waals surface area contributed by atoms with Gasteiger partial charge in [0, 0.05) is 23.5 Å². The molecule has 0 bridgehead atoms. The lowest BCUT2D eigenvalue weighted by Gasteiger charge is -2.21. The van der Waals surface area contributed by atoms with E-state index in [-0.39, 0.29) is 16.6 Å². The fraction of sp³-hybridized carbons (Fsp3) is 0.115. The minimum Gasteiger partial charge on any atom is -0.350 e. The van der Waals surface area contributed by atoms with Crippen LogP contribution in [0.4, 0.5) is 17.1 Å². The molecule has 0 aliphatic carbocycles. The highest BCUT2D eigenvalue weighted by Crippen LogP contribution is 2.30. The zero-order valence-corrected chi connectivity index (χ0v) is 19.0. The van der Waals surface area contributed by atoms with Crippen LogP contribution in [0.3, 0.4) is 0 Å². The lowest BCUT2D eigenvalue weighted by Crippen LogP contribution is -2.32. The first kappa shape index (κ1) is 22.3. The first-order chi connectivity index (χ1) is 15.9. The van der Waals surface area contributed by atoms with Crippen LogP contribution >= 0.6 is 11.6 Å². The molecule has 1 N–H and O–H groups in total. The Hall–Kier alpha value is -3.90. The van der Waals surface area contributed by atoms with Gasteiger partial charge in [0.1, 0.15) is 10.7 Å². The number of carbonyl (C=O) groups is 3. The molecule has 0 fully saturated rings. The fourth-order valence-electron chi connectivity index (χ4n) is 3.62. The number of amides is 3. The van der Waals surface area contributed by atoms with Crippen LogP contribution in [0.15, 0.2) is 89.6 Å². The molecule has 0 saturated carbocycles. The molecule has 6 nitrogen and oxygen atoms in total. The van der Waals surface area contributed by atoms with Gasteiger partial charge in [-0.15, -0.1) is 0 Å². The summed E-state index contributed by atoms with van der Waals surface area (Å²) >= 11 is 6.23. The molecular formula is C26H22ClN3O3. The average molecular weight is 460 g/mol. The molecule has 166 valence electrons. The first-order valence-corrected chi connectivity index (χ1v) is 10.9. The standard InChI is InChI=1S/C26H22ClN3O3/c1-3-29(20-10-5-4-6-11-20)24(31)18-8-7-9-19(16-18)28-23-22(27)25(32)30(26(23)33)21-14-12-17(2)13-15-21/h4-16,28H,3H2,1-2H3. The number of hydrogen-bond acceptors (Lipinski definition) is 4. The maximum Gasteiger partial charge on any atom is 0.283 e. The summed E-state index contributed by atoms with van der Waals surface area (Å²) in [5.74, 6) is -1.32. The summed E-state index contributed by atoms with van der Waals surface area (Å²) in [6.07, 6.45) is 0. The Morgan fingerprint density at radius 1 is 0.939 bits per heavy atom. The second-order valence-corrected chi connectivity index (χ2v) is 7.94. The van der Waals surface area contributed by atoms with Crippen LogP contribution in [0.25, 0.3) is 0 Å². The topological polar surface area (TPSA) is 69.7 Å². The van der Waals surface area contributed by atoms with Crippen molar-refractivity contribution in [3.63, 3.8) is 0 Å². The van der Waals surface area contributed by atoms with Gasteiger partial charge >= 0.3 is 0 Å². The molecule has 1 aliphatic heterocycles. The van der Waals surface area contributed by atoms with E-state index in [0.717, 1.165) is 16.2 Å². The van der Waals surface area contributed by atoms with Crippen LogP contribution in [-0.4, -0.2) is 24.3 Å². The number of hydrogen-bond donors (Lipinski definition) is 1. The number of benzene rings is 3. The van der Waals surface area contributed by atoms with Crippen LogP contribution < -0.4 is 15.1 Å². The van der Waals surface area contributed by atoms with Gasteiger partial charge in [-0.1, -0.05) is 53.6 Å². The van der Waals surface area contributed by atoms with E-state index in [1.807, 2.05) is 56.3 Å². The van der Waals surface area contributed by atoms with E-state index < -0.39 is 11.8 Å².